The summed E-state index contributed by atoms with van der Waals surface area (Å²) in [6.07, 6.45) is 0.836. The first-order valence-corrected chi connectivity index (χ1v) is 8.95. The van der Waals surface area contributed by atoms with Gasteiger partial charge in [-0.25, -0.2) is 14.8 Å². The Balaban J connectivity index is 2.79. The fourth-order valence-corrected chi connectivity index (χ4v) is 2.28. The van der Waals surface area contributed by atoms with Gasteiger partial charge in [0.25, 0.3) is 0 Å². The summed E-state index contributed by atoms with van der Waals surface area (Å²) in [5.74, 6) is -3.18. The summed E-state index contributed by atoms with van der Waals surface area (Å²) in [4.78, 5) is 55.5. The van der Waals surface area contributed by atoms with Gasteiger partial charge in [-0.1, -0.05) is 4.67 Å². The number of aliphatic hydroxyl groups excluding tert-OH is 2. The summed E-state index contributed by atoms with van der Waals surface area (Å²) in [7, 11) is -5.03. The third-order valence-electron chi connectivity index (χ3n) is 3.47. The third kappa shape index (κ3) is 6.75. The fraction of sp³-hybridized carbons (Fsp3) is 0.462. The van der Waals surface area contributed by atoms with Gasteiger partial charge < -0.3 is 30.1 Å². The van der Waals surface area contributed by atoms with Crippen LogP contribution in [0.15, 0.2) is 23.6 Å². The Bertz CT molecular complexity index is 698. The average molecular weight is 410 g/mol. The molecule has 0 amide bonds. The van der Waals surface area contributed by atoms with Crippen molar-refractivity contribution in [2.24, 2.45) is 0 Å². The maximum atomic E-state index is 12.2. The minimum atomic E-state index is -5.03. The van der Waals surface area contributed by atoms with Crippen molar-refractivity contribution in [2.45, 2.75) is 31.8 Å². The van der Waals surface area contributed by atoms with E-state index in [1.807, 2.05) is 0 Å². The molecule has 13 nitrogen and oxygen atoms in total. The number of carboxylic acids is 1. The molecule has 0 aromatic heterocycles. The van der Waals surface area contributed by atoms with Gasteiger partial charge in [-0.2, -0.15) is 0 Å². The standard InChI is InChI=1S/C13H19N2O11P/c1-7-12(19)9(6-17)8(5-16)4-15(7)14-10(13(20)21)2-3-11(18)25-26-27(22,23)24/h4,6-7,10,14,16-17H,2-3,5H2,1H3,(H,20,21)(H2,22,23,24)/t7?,10-/m0/s1. The molecule has 0 aliphatic carbocycles. The van der Waals surface area contributed by atoms with Gasteiger partial charge in [-0.3, -0.25) is 14.5 Å². The Kier molecular flexibility index (Phi) is 8.09. The molecule has 0 saturated carbocycles. The fourth-order valence-electron chi connectivity index (χ4n) is 2.10. The Hall–Kier alpha value is -2.28. The zero-order chi connectivity index (χ0) is 20.8. The average Bonchev–Trinajstić information content (AvgIpc) is 2.59. The maximum absolute atomic E-state index is 12.2. The van der Waals surface area contributed by atoms with E-state index in [0.717, 1.165) is 5.01 Å². The number of nitrogens with zero attached hydrogens (tertiary/aromatic N) is 1. The normalized spacial score (nSPS) is 20.4. The number of phosphoric acid groups is 1. The third-order valence-corrected chi connectivity index (χ3v) is 3.74. The molecule has 0 radical (unpaired) electrons. The van der Waals surface area contributed by atoms with Gasteiger partial charge in [0.05, 0.1) is 24.9 Å². The summed E-state index contributed by atoms with van der Waals surface area (Å²) in [6.45, 7) is 0.831. The number of hydrazine groups is 1. The number of carbonyl (C=O) groups is 3. The van der Waals surface area contributed by atoms with Crippen molar-refractivity contribution in [3.05, 3.63) is 23.6 Å². The lowest BCUT2D eigenvalue weighted by Gasteiger charge is -2.34. The number of nitrogens with one attached hydrogen (secondary N) is 1. The van der Waals surface area contributed by atoms with Crippen LogP contribution >= 0.6 is 7.82 Å². The first-order chi connectivity index (χ1) is 12.5. The van der Waals surface area contributed by atoms with Crippen LogP contribution in [-0.2, 0) is 28.5 Å². The highest BCUT2D eigenvalue weighted by atomic mass is 31.2. The molecule has 0 saturated heterocycles. The number of Topliss-reactive ketones (excluding diaryl/α,β-unsaturated/α-hetero) is 1. The second-order valence-electron chi connectivity index (χ2n) is 5.38. The predicted octanol–water partition coefficient (Wildman–Crippen LogP) is -1.12. The summed E-state index contributed by atoms with van der Waals surface area (Å²) in [6, 6.07) is -2.32. The van der Waals surface area contributed by atoms with Crippen LogP contribution in [0.4, 0.5) is 0 Å². The predicted molar refractivity (Wildman–Crippen MR) is 85.2 cm³/mol. The molecule has 14 heteroatoms. The highest BCUT2D eigenvalue weighted by Crippen LogP contribution is 2.36. The van der Waals surface area contributed by atoms with Crippen LogP contribution in [0.1, 0.15) is 19.8 Å². The molecular weight excluding hydrogens is 391 g/mol. The van der Waals surface area contributed by atoms with Gasteiger partial charge in [-0.05, 0) is 13.3 Å². The van der Waals surface area contributed by atoms with Crippen LogP contribution in [0.5, 0.6) is 0 Å². The van der Waals surface area contributed by atoms with E-state index in [9.17, 15) is 29.2 Å². The van der Waals surface area contributed by atoms with Crippen LogP contribution < -0.4 is 5.43 Å². The topological polar surface area (TPSA) is 203 Å². The van der Waals surface area contributed by atoms with E-state index in [1.54, 1.807) is 0 Å². The quantitative estimate of drug-likeness (QED) is 0.0878. The second-order valence-corrected chi connectivity index (χ2v) is 6.51. The van der Waals surface area contributed by atoms with Gasteiger partial charge in [0.1, 0.15) is 12.1 Å². The van der Waals surface area contributed by atoms with Crippen molar-refractivity contribution >= 4 is 25.5 Å². The Morgan fingerprint density at radius 3 is 2.56 bits per heavy atom. The second kappa shape index (κ2) is 9.60. The molecule has 0 spiro atoms. The van der Waals surface area contributed by atoms with Crippen molar-refractivity contribution in [1.82, 2.24) is 10.4 Å². The van der Waals surface area contributed by atoms with Gasteiger partial charge in [0.2, 0.25) is 0 Å². The summed E-state index contributed by atoms with van der Waals surface area (Å²) >= 11 is 0. The van der Waals surface area contributed by atoms with E-state index in [2.05, 4.69) is 15.0 Å². The van der Waals surface area contributed by atoms with Crippen molar-refractivity contribution in [2.75, 3.05) is 6.61 Å². The van der Waals surface area contributed by atoms with Crippen molar-refractivity contribution in [1.29, 1.82) is 0 Å². The summed E-state index contributed by atoms with van der Waals surface area (Å²) in [5, 5.41) is 28.7. The van der Waals surface area contributed by atoms with Crippen molar-refractivity contribution in [3.8, 4) is 0 Å². The molecule has 0 aromatic rings. The number of carbonyl (C=O) groups excluding carboxylic acids is 2. The molecular formula is C13H19N2O11P. The van der Waals surface area contributed by atoms with Gasteiger partial charge >= 0.3 is 19.8 Å². The SMILES string of the molecule is CC1C(=O)C(=CO)C(CO)=CN1N[C@@H](CCC(=O)OOP(=O)(O)O)C(=O)O. The Labute approximate surface area is 152 Å². The van der Waals surface area contributed by atoms with E-state index in [-0.39, 0.29) is 17.6 Å². The largest absolute Gasteiger partial charge is 0.515 e. The highest BCUT2D eigenvalue weighted by molar-refractivity contribution is 7.46. The van der Waals surface area contributed by atoms with Gasteiger partial charge in [-0.15, -0.1) is 0 Å². The van der Waals surface area contributed by atoms with E-state index in [1.165, 1.54) is 13.1 Å². The van der Waals surface area contributed by atoms with E-state index < -0.39 is 50.7 Å². The van der Waals surface area contributed by atoms with E-state index in [0.29, 0.717) is 6.26 Å². The zero-order valence-electron chi connectivity index (χ0n) is 14.0. The molecule has 1 aliphatic heterocycles. The smallest absolute Gasteiger partial charge is 0.505 e. The Morgan fingerprint density at radius 2 is 2.07 bits per heavy atom. The van der Waals surface area contributed by atoms with E-state index >= 15 is 0 Å². The molecule has 152 valence electrons. The molecule has 27 heavy (non-hydrogen) atoms. The summed E-state index contributed by atoms with van der Waals surface area (Å²) in [5.41, 5.74) is 2.42. The van der Waals surface area contributed by atoms with Gasteiger partial charge in [0, 0.05) is 11.8 Å². The van der Waals surface area contributed by atoms with Crippen LogP contribution in [0.3, 0.4) is 0 Å². The minimum absolute atomic E-state index is 0.0479. The van der Waals surface area contributed by atoms with Crippen LogP contribution in [-0.4, -0.2) is 66.5 Å². The lowest BCUT2D eigenvalue weighted by molar-refractivity contribution is -0.222. The monoisotopic (exact) mass is 410 g/mol. The molecule has 1 heterocycles. The molecule has 6 N–H and O–H groups in total. The zero-order valence-corrected chi connectivity index (χ0v) is 14.9. The number of aliphatic hydroxyl groups is 2. The first-order valence-electron chi connectivity index (χ1n) is 7.42. The number of rotatable bonds is 9. The lowest BCUT2D eigenvalue weighted by Crippen LogP contribution is -2.54. The Morgan fingerprint density at radius 1 is 1.44 bits per heavy atom. The molecule has 1 rings (SSSR count). The number of hydrogen-bond acceptors (Lipinski definition) is 10. The molecule has 0 bridgehead atoms. The number of hydrogen-bond donors (Lipinski definition) is 6. The number of aliphatic carboxylic acids is 1. The first kappa shape index (κ1) is 22.8. The van der Waals surface area contributed by atoms with Crippen molar-refractivity contribution in [3.63, 3.8) is 0 Å². The number of carboxylic acid groups (broad SMARTS) is 1. The molecule has 1 unspecified atom stereocenters. The van der Waals surface area contributed by atoms with Crippen LogP contribution in [0.25, 0.3) is 0 Å². The number of ketones is 1. The van der Waals surface area contributed by atoms with Gasteiger partial charge in [0.15, 0.2) is 5.78 Å². The van der Waals surface area contributed by atoms with Crippen LogP contribution in [0, 0.1) is 0 Å². The highest BCUT2D eigenvalue weighted by Gasteiger charge is 2.33. The summed E-state index contributed by atoms with van der Waals surface area (Å²) < 4.78 is 14.0. The minimum Gasteiger partial charge on any atom is -0.515 e. The lowest BCUT2D eigenvalue weighted by atomic mass is 9.96. The van der Waals surface area contributed by atoms with Crippen molar-refractivity contribution < 1.29 is 53.6 Å². The maximum Gasteiger partial charge on any atom is 0.505 e. The van der Waals surface area contributed by atoms with Crippen LogP contribution in [0.2, 0.25) is 0 Å². The molecule has 0 aromatic carbocycles. The molecule has 2 atom stereocenters. The molecule has 0 fully saturated rings. The van der Waals surface area contributed by atoms with E-state index in [4.69, 9.17) is 14.9 Å². The molecule has 1 aliphatic rings.